The molecule has 84 valence electrons. The molecule has 0 radical (unpaired) electrons. The van der Waals surface area contributed by atoms with E-state index in [9.17, 15) is 4.39 Å². The lowest BCUT2D eigenvalue weighted by Gasteiger charge is -2.05. The molecule has 2 rings (SSSR count). The van der Waals surface area contributed by atoms with Crippen molar-refractivity contribution in [3.8, 4) is 0 Å². The first-order chi connectivity index (χ1) is 7.65. The van der Waals surface area contributed by atoms with Crippen LogP contribution in [-0.4, -0.2) is 10.1 Å². The van der Waals surface area contributed by atoms with Crippen LogP contribution in [0.5, 0.6) is 0 Å². The Balaban J connectivity index is 2.07. The highest BCUT2D eigenvalue weighted by Gasteiger charge is 2.13. The molecule has 0 unspecified atom stereocenters. The van der Waals surface area contributed by atoms with E-state index in [0.29, 0.717) is 11.7 Å². The van der Waals surface area contributed by atoms with Gasteiger partial charge in [0, 0.05) is 5.92 Å². The fourth-order valence-corrected chi connectivity index (χ4v) is 1.57. The third-order valence-corrected chi connectivity index (χ3v) is 2.42. The van der Waals surface area contributed by atoms with Crippen molar-refractivity contribution in [3.05, 3.63) is 47.4 Å². The van der Waals surface area contributed by atoms with E-state index in [4.69, 9.17) is 4.52 Å². The fraction of sp³-hybridized carbons (Fsp3) is 0.333. The molecule has 1 heterocycles. The van der Waals surface area contributed by atoms with Gasteiger partial charge in [-0.05, 0) is 31.0 Å². The van der Waals surface area contributed by atoms with Crippen LogP contribution >= 0.6 is 0 Å². The smallest absolute Gasteiger partial charge is 0.229 e. The van der Waals surface area contributed by atoms with Gasteiger partial charge in [0.25, 0.3) is 0 Å². The summed E-state index contributed by atoms with van der Waals surface area (Å²) in [6.07, 6.45) is 0.766. The maximum Gasteiger partial charge on any atom is 0.229 e. The molecule has 3 nitrogen and oxygen atoms in total. The molecule has 16 heavy (non-hydrogen) atoms. The van der Waals surface area contributed by atoms with Gasteiger partial charge in [0.1, 0.15) is 5.82 Å². The minimum absolute atomic E-state index is 0.145. The van der Waals surface area contributed by atoms with E-state index in [1.165, 1.54) is 12.1 Å². The lowest BCUT2D eigenvalue weighted by Crippen LogP contribution is -1.99. The average molecular weight is 220 g/mol. The van der Waals surface area contributed by atoms with Gasteiger partial charge in [-0.3, -0.25) is 0 Å². The van der Waals surface area contributed by atoms with Crippen LogP contribution in [0.1, 0.15) is 30.1 Å². The normalized spacial score (nSPS) is 12.7. The summed E-state index contributed by atoms with van der Waals surface area (Å²) >= 11 is 0. The molecule has 0 aliphatic rings. The van der Waals surface area contributed by atoms with Crippen LogP contribution in [0.3, 0.4) is 0 Å². The molecule has 0 aliphatic carbocycles. The number of halogens is 1. The molecule has 0 aliphatic heterocycles. The zero-order valence-corrected chi connectivity index (χ0v) is 9.27. The largest absolute Gasteiger partial charge is 0.339 e. The first-order valence-corrected chi connectivity index (χ1v) is 5.20. The second-order valence-electron chi connectivity index (χ2n) is 3.91. The molecule has 0 fully saturated rings. The van der Waals surface area contributed by atoms with Crippen LogP contribution in [0.2, 0.25) is 0 Å². The fourth-order valence-electron chi connectivity index (χ4n) is 1.57. The van der Waals surface area contributed by atoms with E-state index < -0.39 is 0 Å². The number of hydrogen-bond donors (Lipinski definition) is 0. The van der Waals surface area contributed by atoms with Crippen molar-refractivity contribution in [1.29, 1.82) is 0 Å². The van der Waals surface area contributed by atoms with E-state index >= 15 is 0 Å². The van der Waals surface area contributed by atoms with Gasteiger partial charge >= 0.3 is 0 Å². The van der Waals surface area contributed by atoms with Crippen LogP contribution in [0.25, 0.3) is 0 Å². The van der Waals surface area contributed by atoms with E-state index in [0.717, 1.165) is 12.0 Å². The molecular formula is C12H13FN2O. The molecule has 0 saturated carbocycles. The predicted octanol–water partition coefficient (Wildman–Crippen LogP) is 2.86. The van der Waals surface area contributed by atoms with E-state index in [1.807, 2.05) is 6.92 Å². The van der Waals surface area contributed by atoms with Crippen molar-refractivity contribution in [2.45, 2.75) is 26.2 Å². The summed E-state index contributed by atoms with van der Waals surface area (Å²) in [4.78, 5) is 4.17. The molecule has 0 spiro atoms. The molecule has 1 atom stereocenters. The summed E-state index contributed by atoms with van der Waals surface area (Å²) in [5.41, 5.74) is 1.06. The molecule has 0 saturated heterocycles. The Morgan fingerprint density at radius 1 is 1.31 bits per heavy atom. The number of aromatic nitrogens is 2. The molecular weight excluding hydrogens is 207 g/mol. The highest BCUT2D eigenvalue weighted by atomic mass is 19.1. The molecule has 0 bridgehead atoms. The van der Waals surface area contributed by atoms with Gasteiger partial charge in [0.05, 0.1) is 0 Å². The molecule has 1 aromatic carbocycles. The molecule has 4 heteroatoms. The van der Waals surface area contributed by atoms with Gasteiger partial charge in [-0.2, -0.15) is 4.98 Å². The van der Waals surface area contributed by atoms with Crippen molar-refractivity contribution in [1.82, 2.24) is 10.1 Å². The van der Waals surface area contributed by atoms with Gasteiger partial charge in [-0.1, -0.05) is 24.2 Å². The van der Waals surface area contributed by atoms with Gasteiger partial charge in [0.2, 0.25) is 5.89 Å². The number of rotatable bonds is 3. The zero-order chi connectivity index (χ0) is 11.5. The monoisotopic (exact) mass is 220 g/mol. The van der Waals surface area contributed by atoms with E-state index in [-0.39, 0.29) is 11.7 Å². The first kappa shape index (κ1) is 10.8. The van der Waals surface area contributed by atoms with Crippen molar-refractivity contribution >= 4 is 0 Å². The Labute approximate surface area is 93.3 Å². The Kier molecular flexibility index (Phi) is 2.99. The van der Waals surface area contributed by atoms with Crippen molar-refractivity contribution in [2.24, 2.45) is 0 Å². The van der Waals surface area contributed by atoms with Crippen LogP contribution in [0.4, 0.5) is 4.39 Å². The van der Waals surface area contributed by atoms with Gasteiger partial charge in [-0.25, -0.2) is 4.39 Å². The van der Waals surface area contributed by atoms with Gasteiger partial charge in [0.15, 0.2) is 5.82 Å². The summed E-state index contributed by atoms with van der Waals surface area (Å²) < 4.78 is 17.8. The number of hydrogen-bond acceptors (Lipinski definition) is 3. The van der Waals surface area contributed by atoms with Crippen LogP contribution in [0, 0.1) is 12.7 Å². The minimum atomic E-state index is -0.218. The van der Waals surface area contributed by atoms with Crippen LogP contribution in [0.15, 0.2) is 28.8 Å². The van der Waals surface area contributed by atoms with Crippen molar-refractivity contribution in [2.75, 3.05) is 0 Å². The van der Waals surface area contributed by atoms with Crippen molar-refractivity contribution in [3.63, 3.8) is 0 Å². The lowest BCUT2D eigenvalue weighted by molar-refractivity contribution is 0.355. The maximum atomic E-state index is 12.7. The first-order valence-electron chi connectivity index (χ1n) is 5.20. The van der Waals surface area contributed by atoms with Gasteiger partial charge < -0.3 is 4.52 Å². The second kappa shape index (κ2) is 4.43. The molecule has 1 aromatic heterocycles. The SMILES string of the molecule is Cc1noc([C@H](C)Cc2ccc(F)cc2)n1. The quantitative estimate of drug-likeness (QED) is 0.798. The molecule has 2 aromatic rings. The lowest BCUT2D eigenvalue weighted by atomic mass is 10.0. The van der Waals surface area contributed by atoms with Crippen LogP contribution < -0.4 is 0 Å². The second-order valence-corrected chi connectivity index (χ2v) is 3.91. The maximum absolute atomic E-state index is 12.7. The number of nitrogens with zero attached hydrogens (tertiary/aromatic N) is 2. The highest BCUT2D eigenvalue weighted by molar-refractivity contribution is 5.18. The van der Waals surface area contributed by atoms with E-state index in [1.54, 1.807) is 19.1 Å². The van der Waals surface area contributed by atoms with Crippen molar-refractivity contribution < 1.29 is 8.91 Å². The minimum Gasteiger partial charge on any atom is -0.339 e. The number of aryl methyl sites for hydroxylation is 1. The summed E-state index contributed by atoms with van der Waals surface area (Å²) in [7, 11) is 0. The topological polar surface area (TPSA) is 38.9 Å². The average Bonchev–Trinajstić information content (AvgIpc) is 2.68. The highest BCUT2D eigenvalue weighted by Crippen LogP contribution is 2.18. The molecule has 0 N–H and O–H groups in total. The van der Waals surface area contributed by atoms with Crippen LogP contribution in [-0.2, 0) is 6.42 Å². The molecule has 0 amide bonds. The summed E-state index contributed by atoms with van der Waals surface area (Å²) in [6, 6.07) is 6.46. The zero-order valence-electron chi connectivity index (χ0n) is 9.27. The Morgan fingerprint density at radius 3 is 2.56 bits per heavy atom. The van der Waals surface area contributed by atoms with Gasteiger partial charge in [-0.15, -0.1) is 0 Å². The Bertz CT molecular complexity index is 464. The summed E-state index contributed by atoms with van der Waals surface area (Å²) in [5.74, 6) is 1.19. The third-order valence-electron chi connectivity index (χ3n) is 2.42. The number of benzene rings is 1. The standard InChI is InChI=1S/C12H13FN2O/c1-8(12-14-9(2)15-16-12)7-10-3-5-11(13)6-4-10/h3-6,8H,7H2,1-2H3/t8-/m1/s1. The van der Waals surface area contributed by atoms with E-state index in [2.05, 4.69) is 10.1 Å². The summed E-state index contributed by atoms with van der Waals surface area (Å²) in [5, 5.41) is 3.75. The Hall–Kier alpha value is -1.71. The predicted molar refractivity (Wildman–Crippen MR) is 57.6 cm³/mol. The Morgan fingerprint density at radius 2 is 2.00 bits per heavy atom. The third kappa shape index (κ3) is 2.45. The summed E-state index contributed by atoms with van der Waals surface area (Å²) in [6.45, 7) is 3.80.